The van der Waals surface area contributed by atoms with Gasteiger partial charge < -0.3 is 9.47 Å². The minimum atomic E-state index is -0.300. The van der Waals surface area contributed by atoms with Gasteiger partial charge in [-0.05, 0) is 51.0 Å². The predicted molar refractivity (Wildman–Crippen MR) is 80.4 cm³/mol. The Morgan fingerprint density at radius 2 is 2.09 bits per heavy atom. The molecular weight excluding hydrogens is 282 g/mol. The molecule has 1 fully saturated rings. The molecule has 3 unspecified atom stereocenters. The molecule has 3 atom stereocenters. The van der Waals surface area contributed by atoms with Crippen LogP contribution in [0.3, 0.4) is 0 Å². The van der Waals surface area contributed by atoms with Gasteiger partial charge in [-0.3, -0.25) is 14.9 Å². The molecule has 0 spiro atoms. The highest BCUT2D eigenvalue weighted by Gasteiger charge is 2.40. The summed E-state index contributed by atoms with van der Waals surface area (Å²) < 4.78 is 11.6. The molecule has 3 aliphatic rings. The zero-order valence-corrected chi connectivity index (χ0v) is 13.1. The highest BCUT2D eigenvalue weighted by atomic mass is 16.5. The van der Waals surface area contributed by atoms with E-state index in [-0.39, 0.29) is 35.4 Å². The summed E-state index contributed by atoms with van der Waals surface area (Å²) in [6.07, 6.45) is 8.38. The van der Waals surface area contributed by atoms with Gasteiger partial charge in [-0.2, -0.15) is 0 Å². The number of rotatable bonds is 2. The molecule has 1 aliphatic carbocycles. The van der Waals surface area contributed by atoms with Crippen LogP contribution >= 0.6 is 0 Å². The average molecular weight is 303 g/mol. The van der Waals surface area contributed by atoms with Gasteiger partial charge in [0.25, 0.3) is 0 Å². The second kappa shape index (κ2) is 5.30. The number of fused-ring (bicyclic) bond motifs is 1. The largest absolute Gasteiger partial charge is 0.493 e. The molecule has 5 heteroatoms. The molecule has 1 saturated heterocycles. The molecule has 0 aromatic carbocycles. The molecule has 0 saturated carbocycles. The Morgan fingerprint density at radius 1 is 1.32 bits per heavy atom. The number of carbonyl (C=O) groups is 2. The molecule has 0 bridgehead atoms. The van der Waals surface area contributed by atoms with Crippen LogP contribution in [0.5, 0.6) is 0 Å². The number of ether oxygens (including phenoxy) is 2. The maximum atomic E-state index is 12.1. The summed E-state index contributed by atoms with van der Waals surface area (Å²) in [6.45, 7) is 5.99. The highest BCUT2D eigenvalue weighted by Crippen LogP contribution is 2.39. The maximum Gasteiger partial charge on any atom is 0.233 e. The molecule has 1 N–H and O–H groups in total. The van der Waals surface area contributed by atoms with Crippen molar-refractivity contribution in [1.82, 2.24) is 5.32 Å². The normalized spacial score (nSPS) is 31.0. The first-order chi connectivity index (χ1) is 10.3. The molecule has 2 amide bonds. The minimum absolute atomic E-state index is 0.00805. The molecule has 0 aromatic heterocycles. The van der Waals surface area contributed by atoms with Crippen molar-refractivity contribution in [3.05, 3.63) is 35.8 Å². The minimum Gasteiger partial charge on any atom is -0.493 e. The van der Waals surface area contributed by atoms with E-state index in [4.69, 9.17) is 9.47 Å². The SMILES string of the molecule is CC(C)(C)OC1=CC2C(C3CCC(=O)NC3=O)=COC2C=C1. The molecule has 5 nitrogen and oxygen atoms in total. The van der Waals surface area contributed by atoms with Gasteiger partial charge in [0, 0.05) is 12.3 Å². The van der Waals surface area contributed by atoms with E-state index >= 15 is 0 Å². The smallest absolute Gasteiger partial charge is 0.233 e. The van der Waals surface area contributed by atoms with Crippen LogP contribution < -0.4 is 5.32 Å². The van der Waals surface area contributed by atoms with Crippen molar-refractivity contribution < 1.29 is 19.1 Å². The van der Waals surface area contributed by atoms with E-state index in [0.29, 0.717) is 12.8 Å². The van der Waals surface area contributed by atoms with Crippen molar-refractivity contribution in [2.75, 3.05) is 0 Å². The van der Waals surface area contributed by atoms with Gasteiger partial charge in [-0.25, -0.2) is 0 Å². The lowest BCUT2D eigenvalue weighted by Gasteiger charge is -2.29. The molecule has 0 radical (unpaired) electrons. The van der Waals surface area contributed by atoms with Crippen LogP contribution in [0, 0.1) is 11.8 Å². The van der Waals surface area contributed by atoms with Gasteiger partial charge in [-0.1, -0.05) is 0 Å². The highest BCUT2D eigenvalue weighted by molar-refractivity contribution is 5.99. The Kier molecular flexibility index (Phi) is 3.59. The molecule has 0 aromatic rings. The summed E-state index contributed by atoms with van der Waals surface area (Å²) >= 11 is 0. The van der Waals surface area contributed by atoms with Gasteiger partial charge in [0.05, 0.1) is 12.2 Å². The van der Waals surface area contributed by atoms with Crippen molar-refractivity contribution in [3.8, 4) is 0 Å². The van der Waals surface area contributed by atoms with Gasteiger partial charge in [0.15, 0.2) is 0 Å². The second-order valence-electron chi connectivity index (χ2n) is 6.89. The lowest BCUT2D eigenvalue weighted by atomic mass is 9.80. The molecule has 22 heavy (non-hydrogen) atoms. The van der Waals surface area contributed by atoms with E-state index < -0.39 is 0 Å². The molecule has 2 aliphatic heterocycles. The predicted octanol–water partition coefficient (Wildman–Crippen LogP) is 2.21. The third-order valence-electron chi connectivity index (χ3n) is 3.96. The van der Waals surface area contributed by atoms with E-state index in [1.54, 1.807) is 6.26 Å². The monoisotopic (exact) mass is 303 g/mol. The van der Waals surface area contributed by atoms with E-state index in [0.717, 1.165) is 11.3 Å². The number of amides is 2. The van der Waals surface area contributed by atoms with Gasteiger partial charge in [0.2, 0.25) is 11.8 Å². The number of imide groups is 1. The van der Waals surface area contributed by atoms with Gasteiger partial charge in [0.1, 0.15) is 17.5 Å². The van der Waals surface area contributed by atoms with Crippen molar-refractivity contribution in [3.63, 3.8) is 0 Å². The van der Waals surface area contributed by atoms with Crippen LogP contribution in [0.25, 0.3) is 0 Å². The van der Waals surface area contributed by atoms with Crippen LogP contribution in [0.15, 0.2) is 35.8 Å². The van der Waals surface area contributed by atoms with E-state index in [1.807, 2.05) is 39.0 Å². The fraction of sp³-hybridized carbons (Fsp3) is 0.529. The second-order valence-corrected chi connectivity index (χ2v) is 6.89. The summed E-state index contributed by atoms with van der Waals surface area (Å²) in [5.41, 5.74) is 0.649. The topological polar surface area (TPSA) is 64.6 Å². The van der Waals surface area contributed by atoms with Crippen molar-refractivity contribution in [2.24, 2.45) is 11.8 Å². The lowest BCUT2D eigenvalue weighted by Crippen LogP contribution is -2.42. The lowest BCUT2D eigenvalue weighted by molar-refractivity contribution is -0.135. The summed E-state index contributed by atoms with van der Waals surface area (Å²) in [6, 6.07) is 0. The fourth-order valence-corrected chi connectivity index (χ4v) is 3.04. The Morgan fingerprint density at radius 3 is 2.77 bits per heavy atom. The zero-order valence-electron chi connectivity index (χ0n) is 13.1. The van der Waals surface area contributed by atoms with Gasteiger partial charge in [-0.15, -0.1) is 0 Å². The number of allylic oxidation sites excluding steroid dienone is 1. The molecule has 118 valence electrons. The molecular formula is C17H21NO4. The number of nitrogens with one attached hydrogen (secondary N) is 1. The first-order valence-corrected chi connectivity index (χ1v) is 7.62. The summed E-state index contributed by atoms with van der Waals surface area (Å²) in [4.78, 5) is 23.4. The third kappa shape index (κ3) is 2.93. The van der Waals surface area contributed by atoms with Crippen LogP contribution in [-0.2, 0) is 19.1 Å². The Hall–Kier alpha value is -2.04. The average Bonchev–Trinajstić information content (AvgIpc) is 2.80. The molecule has 2 heterocycles. The Balaban J connectivity index is 1.79. The fourth-order valence-electron chi connectivity index (χ4n) is 3.04. The van der Waals surface area contributed by atoms with E-state index in [1.165, 1.54) is 0 Å². The van der Waals surface area contributed by atoms with Gasteiger partial charge >= 0.3 is 0 Å². The van der Waals surface area contributed by atoms with Crippen molar-refractivity contribution >= 4 is 11.8 Å². The van der Waals surface area contributed by atoms with Crippen molar-refractivity contribution in [1.29, 1.82) is 0 Å². The molecule has 3 rings (SSSR count). The summed E-state index contributed by atoms with van der Waals surface area (Å²) in [5.74, 6) is 0.0521. The number of hydrogen-bond acceptors (Lipinski definition) is 4. The Bertz CT molecular complexity index is 594. The first-order valence-electron chi connectivity index (χ1n) is 7.62. The summed E-state index contributed by atoms with van der Waals surface area (Å²) in [7, 11) is 0. The Labute approximate surface area is 130 Å². The number of carbonyl (C=O) groups excluding carboxylic acids is 2. The van der Waals surface area contributed by atoms with Crippen LogP contribution in [0.1, 0.15) is 33.6 Å². The van der Waals surface area contributed by atoms with Crippen LogP contribution in [-0.4, -0.2) is 23.5 Å². The number of piperidine rings is 1. The van der Waals surface area contributed by atoms with E-state index in [9.17, 15) is 9.59 Å². The maximum absolute atomic E-state index is 12.1. The van der Waals surface area contributed by atoms with E-state index in [2.05, 4.69) is 5.32 Å². The third-order valence-corrected chi connectivity index (χ3v) is 3.96. The zero-order chi connectivity index (χ0) is 15.9. The first kappa shape index (κ1) is 14.9. The quantitative estimate of drug-likeness (QED) is 0.794. The van der Waals surface area contributed by atoms with Crippen molar-refractivity contribution in [2.45, 2.75) is 45.3 Å². The van der Waals surface area contributed by atoms with Crippen LogP contribution in [0.4, 0.5) is 0 Å². The summed E-state index contributed by atoms with van der Waals surface area (Å²) in [5, 5.41) is 2.41. The van der Waals surface area contributed by atoms with Crippen LogP contribution in [0.2, 0.25) is 0 Å². The standard InChI is InChI=1S/C17H21NO4/c1-17(2,3)22-10-4-6-14-12(8-10)13(9-21-14)11-5-7-15(19)18-16(11)20/h4,6,8-9,11-12,14H,5,7H2,1-3H3,(H,18,19,20). The number of hydrogen-bond donors (Lipinski definition) is 1.